The number of ether oxygens (including phenoxy) is 1. The molecule has 7 aromatic rings. The van der Waals surface area contributed by atoms with Gasteiger partial charge in [-0.25, -0.2) is 9.97 Å². The van der Waals surface area contributed by atoms with E-state index in [1.165, 1.54) is 0 Å². The second-order valence-electron chi connectivity index (χ2n) is 13.0. The summed E-state index contributed by atoms with van der Waals surface area (Å²) < 4.78 is 2.27. The summed E-state index contributed by atoms with van der Waals surface area (Å²) >= 11 is 15.4. The Bertz CT molecular complexity index is 2450. The molecule has 2 aliphatic rings. The van der Waals surface area contributed by atoms with Gasteiger partial charge in [0.2, 0.25) is 9.89 Å². The number of halogens is 3. The van der Waals surface area contributed by atoms with Gasteiger partial charge in [-0.05, 0) is 68.8 Å². The SMILES string of the molecule is C1=Cc2nc1c(-c1ccccc1)c1ccc([n-]1)c(-c1ccccc1)c1nc(c(-c3ccccc3)c3ccc([n-]3)c2-c2ccccc2)C=C1.[Co+3].[N-]C(=O)OCC(Cl)(Cl)Cl. The molecule has 5 heterocycles. The topological polar surface area (TPSA) is 103 Å². The summed E-state index contributed by atoms with van der Waals surface area (Å²) in [6, 6.07) is 50.0. The average Bonchev–Trinajstić information content (AvgIpc) is 4.07. The van der Waals surface area contributed by atoms with E-state index in [1.807, 2.05) is 24.3 Å². The van der Waals surface area contributed by atoms with Gasteiger partial charge in [-0.3, -0.25) is 4.79 Å². The summed E-state index contributed by atoms with van der Waals surface area (Å²) in [7, 11) is 0. The minimum absolute atomic E-state index is 0. The fraction of sp³-hybridized carbons (Fsp3) is 0.0426. The van der Waals surface area contributed by atoms with Crippen LogP contribution in [0.4, 0.5) is 4.79 Å². The number of aromatic nitrogens is 4. The monoisotopic (exact) mass is 860 g/mol. The molecular formula is C47H30Cl3CoN5O2. The van der Waals surface area contributed by atoms with Gasteiger partial charge in [0.25, 0.3) is 0 Å². The molecule has 9 rings (SSSR count). The van der Waals surface area contributed by atoms with Crippen molar-refractivity contribution in [3.8, 4) is 44.5 Å². The number of carbonyl (C=O) groups excluding carboxylic acids is 1. The Hall–Kier alpha value is -5.87. The Labute approximate surface area is 360 Å². The first-order chi connectivity index (χ1) is 27.7. The molecule has 4 aromatic carbocycles. The zero-order valence-electron chi connectivity index (χ0n) is 30.4. The van der Waals surface area contributed by atoms with E-state index in [2.05, 4.69) is 150 Å². The smallest absolute Gasteiger partial charge is 0.732 e. The van der Waals surface area contributed by atoms with Gasteiger partial charge in [0.15, 0.2) is 0 Å². The minimum Gasteiger partial charge on any atom is -0.732 e. The maximum Gasteiger partial charge on any atom is 3.00 e. The van der Waals surface area contributed by atoms with Crippen LogP contribution in [0.3, 0.4) is 0 Å². The van der Waals surface area contributed by atoms with Crippen molar-refractivity contribution in [3.05, 3.63) is 174 Å². The summed E-state index contributed by atoms with van der Waals surface area (Å²) in [6.07, 6.45) is 6.95. The standard InChI is InChI=1S/C44H28N4.C3H2Cl3NO2.Co/c1-5-13-29(14-6-1)41-33-21-23-35(45-33)42(30-15-7-2-8-16-30)37-25-27-39(47-37)44(32-19-11-4-12-20-32)40-28-26-38(48-40)43(31-17-9-3-10-18-31)36-24-22-34(41)46-36;4-3(5,6)1-9-2(7)8;/h1-28H;1H2;/q-2;-1;+3. The third-order valence-electron chi connectivity index (χ3n) is 9.22. The summed E-state index contributed by atoms with van der Waals surface area (Å²) in [6.45, 7) is -0.451. The number of hydrogen-bond acceptors (Lipinski definition) is 4. The van der Waals surface area contributed by atoms with Crippen molar-refractivity contribution >= 4 is 87.3 Å². The number of fused-ring (bicyclic) bond motifs is 8. The van der Waals surface area contributed by atoms with E-state index in [1.54, 1.807) is 0 Å². The number of amides is 1. The molecule has 0 atom stereocenters. The van der Waals surface area contributed by atoms with Crippen LogP contribution in [0.5, 0.6) is 0 Å². The molecule has 2 aliphatic heterocycles. The van der Waals surface area contributed by atoms with Gasteiger partial charge in [-0.15, -0.1) is 22.1 Å². The van der Waals surface area contributed by atoms with Crippen molar-refractivity contribution in [1.29, 1.82) is 0 Å². The molecule has 3 aromatic heterocycles. The van der Waals surface area contributed by atoms with Crippen molar-refractivity contribution in [2.45, 2.75) is 3.79 Å². The number of carbonyl (C=O) groups is 1. The van der Waals surface area contributed by atoms with E-state index in [4.69, 9.17) is 60.5 Å². The number of alkyl halides is 3. The third-order valence-corrected chi connectivity index (χ3v) is 9.55. The first kappa shape index (κ1) is 40.3. The minimum atomic E-state index is -1.65. The summed E-state index contributed by atoms with van der Waals surface area (Å²) in [4.78, 5) is 30.9. The van der Waals surface area contributed by atoms with Crippen LogP contribution in [0.1, 0.15) is 22.8 Å². The van der Waals surface area contributed by atoms with Gasteiger partial charge >= 0.3 is 16.8 Å². The summed E-state index contributed by atoms with van der Waals surface area (Å²) in [5.74, 6) is 0. The number of nitrogens with zero attached hydrogens (tertiary/aromatic N) is 5. The van der Waals surface area contributed by atoms with Gasteiger partial charge in [0.05, 0.1) is 22.8 Å². The van der Waals surface area contributed by atoms with Gasteiger partial charge in [-0.2, -0.15) is 0 Å². The van der Waals surface area contributed by atoms with Crippen molar-refractivity contribution in [3.63, 3.8) is 0 Å². The van der Waals surface area contributed by atoms with E-state index in [9.17, 15) is 4.79 Å². The van der Waals surface area contributed by atoms with Crippen LogP contribution in [0.25, 0.3) is 96.6 Å². The zero-order valence-corrected chi connectivity index (χ0v) is 33.7. The van der Waals surface area contributed by atoms with Crippen LogP contribution in [-0.2, 0) is 21.5 Å². The molecular weight excluding hydrogens is 832 g/mol. The van der Waals surface area contributed by atoms with Gasteiger partial charge in [0.1, 0.15) is 6.61 Å². The molecule has 0 N–H and O–H groups in total. The van der Waals surface area contributed by atoms with Crippen LogP contribution in [0.2, 0.25) is 0 Å². The molecule has 0 unspecified atom stereocenters. The normalized spacial score (nSPS) is 11.6. The molecule has 58 heavy (non-hydrogen) atoms. The van der Waals surface area contributed by atoms with Gasteiger partial charge in [-0.1, -0.05) is 180 Å². The maximum absolute atomic E-state index is 9.65. The summed E-state index contributed by atoms with van der Waals surface area (Å²) in [5.41, 5.74) is 22.9. The van der Waals surface area contributed by atoms with Crippen molar-refractivity contribution in [1.82, 2.24) is 19.9 Å². The first-order valence-corrected chi connectivity index (χ1v) is 19.0. The second-order valence-corrected chi connectivity index (χ2v) is 15.5. The van der Waals surface area contributed by atoms with E-state index in [0.29, 0.717) is 0 Å². The predicted octanol–water partition coefficient (Wildman–Crippen LogP) is 12.9. The molecule has 1 radical (unpaired) electrons. The Morgan fingerprint density at radius 3 is 0.948 bits per heavy atom. The third kappa shape index (κ3) is 8.97. The fourth-order valence-corrected chi connectivity index (χ4v) is 7.00. The first-order valence-electron chi connectivity index (χ1n) is 17.9. The fourth-order valence-electron chi connectivity index (χ4n) is 6.83. The molecule has 0 fully saturated rings. The van der Waals surface area contributed by atoms with Crippen LogP contribution in [-0.4, -0.2) is 26.5 Å². The molecule has 8 bridgehead atoms. The molecule has 1 amide bonds. The van der Waals surface area contributed by atoms with Crippen LogP contribution < -0.4 is 9.97 Å². The number of rotatable bonds is 5. The Kier molecular flexibility index (Phi) is 12.3. The van der Waals surface area contributed by atoms with E-state index < -0.39 is 16.5 Å². The van der Waals surface area contributed by atoms with Crippen LogP contribution in [0, 0.1) is 0 Å². The zero-order chi connectivity index (χ0) is 39.4. The number of hydrogen-bond donors (Lipinski definition) is 0. The molecule has 0 saturated heterocycles. The van der Waals surface area contributed by atoms with E-state index >= 15 is 0 Å². The van der Waals surface area contributed by atoms with Crippen molar-refractivity contribution in [2.24, 2.45) is 0 Å². The van der Waals surface area contributed by atoms with Crippen molar-refractivity contribution < 1.29 is 26.3 Å². The molecule has 0 aliphatic carbocycles. The Morgan fingerprint density at radius 1 is 0.483 bits per heavy atom. The largest absolute Gasteiger partial charge is 3.00 e. The second kappa shape index (κ2) is 17.7. The van der Waals surface area contributed by atoms with Crippen LogP contribution >= 0.6 is 34.8 Å². The summed E-state index contributed by atoms with van der Waals surface area (Å²) in [5, 5.41) is 0. The molecule has 0 saturated carbocycles. The quantitative estimate of drug-likeness (QED) is 0.160. The Morgan fingerprint density at radius 2 is 0.741 bits per heavy atom. The van der Waals surface area contributed by atoms with E-state index in [-0.39, 0.29) is 16.8 Å². The molecule has 285 valence electrons. The molecule has 11 heteroatoms. The average molecular weight is 862 g/mol. The maximum atomic E-state index is 9.65. The predicted molar refractivity (Wildman–Crippen MR) is 234 cm³/mol. The Balaban J connectivity index is 0.000000461. The molecule has 7 nitrogen and oxygen atoms in total. The van der Waals surface area contributed by atoms with Gasteiger partial charge < -0.3 is 20.4 Å². The molecule has 0 spiro atoms. The van der Waals surface area contributed by atoms with E-state index in [0.717, 1.165) is 89.4 Å². The van der Waals surface area contributed by atoms with Crippen LogP contribution in [0.15, 0.2) is 146 Å². The van der Waals surface area contributed by atoms with Crippen molar-refractivity contribution in [2.75, 3.05) is 6.61 Å². The van der Waals surface area contributed by atoms with Gasteiger partial charge in [0, 0.05) is 0 Å². The number of benzene rings is 4.